The van der Waals surface area contributed by atoms with Gasteiger partial charge in [0.1, 0.15) is 5.41 Å². The van der Waals surface area contributed by atoms with Gasteiger partial charge in [0.15, 0.2) is 5.84 Å². The first-order valence-corrected chi connectivity index (χ1v) is 6.41. The first-order chi connectivity index (χ1) is 8.51. The summed E-state index contributed by atoms with van der Waals surface area (Å²) in [5.74, 6) is -0.240. The van der Waals surface area contributed by atoms with E-state index in [2.05, 4.69) is 5.16 Å². The quantitative estimate of drug-likeness (QED) is 0.279. The lowest BCUT2D eigenvalue weighted by molar-refractivity contribution is -0.142. The van der Waals surface area contributed by atoms with Gasteiger partial charge in [-0.05, 0) is 32.6 Å². The second-order valence-corrected chi connectivity index (χ2v) is 4.98. The Morgan fingerprint density at radius 1 is 1.56 bits per heavy atom. The van der Waals surface area contributed by atoms with Crippen LogP contribution in [0.25, 0.3) is 0 Å². The molecule has 1 aliphatic rings. The Kier molecular flexibility index (Phi) is 4.95. The van der Waals surface area contributed by atoms with E-state index in [1.165, 1.54) is 0 Å². The molecule has 0 aromatic carbocycles. The van der Waals surface area contributed by atoms with Gasteiger partial charge in [-0.2, -0.15) is 0 Å². The van der Waals surface area contributed by atoms with Crippen molar-refractivity contribution >= 4 is 11.7 Å². The number of rotatable bonds is 6. The van der Waals surface area contributed by atoms with Crippen LogP contribution in [0.2, 0.25) is 0 Å². The second-order valence-electron chi connectivity index (χ2n) is 4.98. The number of aliphatic hydroxyl groups is 1. The highest BCUT2D eigenvalue weighted by molar-refractivity contribution is 6.06. The number of aliphatic hydroxyl groups excluding tert-OH is 1. The van der Waals surface area contributed by atoms with Crippen LogP contribution >= 0.6 is 0 Å². The van der Waals surface area contributed by atoms with Crippen molar-refractivity contribution in [3.8, 4) is 0 Å². The van der Waals surface area contributed by atoms with Crippen molar-refractivity contribution in [1.82, 2.24) is 4.90 Å². The van der Waals surface area contributed by atoms with Gasteiger partial charge in [-0.1, -0.05) is 12.1 Å². The van der Waals surface area contributed by atoms with Crippen LogP contribution in [0.4, 0.5) is 0 Å². The highest BCUT2D eigenvalue weighted by Crippen LogP contribution is 2.31. The minimum atomic E-state index is -1.00. The third-order valence-electron chi connectivity index (χ3n) is 3.97. The van der Waals surface area contributed by atoms with Gasteiger partial charge < -0.3 is 20.9 Å². The molecule has 4 N–H and O–H groups in total. The number of hydrogen-bond acceptors (Lipinski definition) is 4. The maximum Gasteiger partial charge on any atom is 0.236 e. The highest BCUT2D eigenvalue weighted by Gasteiger charge is 2.42. The van der Waals surface area contributed by atoms with E-state index >= 15 is 0 Å². The van der Waals surface area contributed by atoms with Crippen molar-refractivity contribution in [3.63, 3.8) is 0 Å². The van der Waals surface area contributed by atoms with Gasteiger partial charge in [-0.15, -0.1) is 0 Å². The molecule has 104 valence electrons. The van der Waals surface area contributed by atoms with E-state index in [0.717, 1.165) is 19.3 Å². The minimum Gasteiger partial charge on any atom is -0.409 e. The number of hydrogen-bond donors (Lipinski definition) is 3. The lowest BCUT2D eigenvalue weighted by atomic mass is 9.82. The van der Waals surface area contributed by atoms with Gasteiger partial charge >= 0.3 is 0 Å². The van der Waals surface area contributed by atoms with Gasteiger partial charge in [-0.3, -0.25) is 4.79 Å². The van der Waals surface area contributed by atoms with Gasteiger partial charge in [0, 0.05) is 12.6 Å². The Morgan fingerprint density at radius 2 is 2.17 bits per heavy atom. The lowest BCUT2D eigenvalue weighted by Crippen LogP contribution is -2.55. The molecule has 1 rings (SSSR count). The fourth-order valence-electron chi connectivity index (χ4n) is 2.13. The fraction of sp³-hybridized carbons (Fsp3) is 0.833. The van der Waals surface area contributed by atoms with Crippen LogP contribution < -0.4 is 5.73 Å². The largest absolute Gasteiger partial charge is 0.409 e. The Bertz CT molecular complexity index is 329. The van der Waals surface area contributed by atoms with Crippen LogP contribution in [0, 0.1) is 5.41 Å². The number of oxime groups is 1. The molecular weight excluding hydrogens is 234 g/mol. The monoisotopic (exact) mass is 257 g/mol. The Balaban J connectivity index is 2.92. The molecule has 1 unspecified atom stereocenters. The summed E-state index contributed by atoms with van der Waals surface area (Å²) in [5.41, 5.74) is 4.65. The molecule has 0 aromatic rings. The zero-order valence-electron chi connectivity index (χ0n) is 11.1. The maximum absolute atomic E-state index is 12.6. The Labute approximate surface area is 107 Å². The fourth-order valence-corrected chi connectivity index (χ4v) is 2.13. The average Bonchev–Trinajstić information content (AvgIpc) is 2.33. The normalized spacial score (nSPS) is 20.1. The molecule has 1 saturated carbocycles. The summed E-state index contributed by atoms with van der Waals surface area (Å²) in [6, 6.07) is 0.182. The van der Waals surface area contributed by atoms with Crippen molar-refractivity contribution in [1.29, 1.82) is 0 Å². The molecule has 0 spiro atoms. The average molecular weight is 257 g/mol. The first kappa shape index (κ1) is 14.8. The van der Waals surface area contributed by atoms with Crippen LogP contribution in [0.1, 0.15) is 39.5 Å². The number of nitrogens with zero attached hydrogens (tertiary/aromatic N) is 2. The number of nitrogens with two attached hydrogens (primary N) is 1. The maximum atomic E-state index is 12.6. The number of carbonyl (C=O) groups is 1. The third-order valence-corrected chi connectivity index (χ3v) is 3.97. The molecule has 1 fully saturated rings. The lowest BCUT2D eigenvalue weighted by Gasteiger charge is -2.41. The molecule has 0 radical (unpaired) electrons. The smallest absolute Gasteiger partial charge is 0.236 e. The summed E-state index contributed by atoms with van der Waals surface area (Å²) >= 11 is 0. The summed E-state index contributed by atoms with van der Waals surface area (Å²) in [4.78, 5) is 14.2. The van der Waals surface area contributed by atoms with Gasteiger partial charge in [0.2, 0.25) is 5.91 Å². The zero-order chi connectivity index (χ0) is 13.8. The van der Waals surface area contributed by atoms with Crippen molar-refractivity contribution in [2.45, 2.75) is 45.6 Å². The molecule has 0 heterocycles. The van der Waals surface area contributed by atoms with Crippen LogP contribution in [0.15, 0.2) is 5.16 Å². The molecule has 1 aliphatic carbocycles. The van der Waals surface area contributed by atoms with E-state index in [1.807, 2.05) is 6.92 Å². The molecule has 0 aliphatic heterocycles. The highest BCUT2D eigenvalue weighted by atomic mass is 16.4. The number of amidine groups is 1. The predicted octanol–water partition coefficient (Wildman–Crippen LogP) is 0.523. The van der Waals surface area contributed by atoms with E-state index in [0.29, 0.717) is 13.0 Å². The first-order valence-electron chi connectivity index (χ1n) is 6.41. The van der Waals surface area contributed by atoms with Crippen LogP contribution in [-0.4, -0.2) is 46.1 Å². The van der Waals surface area contributed by atoms with Crippen molar-refractivity contribution in [3.05, 3.63) is 0 Å². The number of carbonyl (C=O) groups excluding carboxylic acids is 1. The molecule has 0 bridgehead atoms. The van der Waals surface area contributed by atoms with Crippen LogP contribution in [0.5, 0.6) is 0 Å². The zero-order valence-corrected chi connectivity index (χ0v) is 11.1. The summed E-state index contributed by atoms with van der Waals surface area (Å²) in [6.07, 6.45) is 3.48. The molecule has 18 heavy (non-hydrogen) atoms. The SMILES string of the molecule is CCC(C)(C(=O)N(CCO)C1CCC1)C(N)=NO. The molecule has 1 atom stereocenters. The summed E-state index contributed by atoms with van der Waals surface area (Å²) < 4.78 is 0. The van der Waals surface area contributed by atoms with Crippen molar-refractivity contribution in [2.75, 3.05) is 13.2 Å². The Hall–Kier alpha value is -1.30. The van der Waals surface area contributed by atoms with E-state index in [9.17, 15) is 4.79 Å². The topological polar surface area (TPSA) is 99.2 Å². The van der Waals surface area contributed by atoms with Crippen molar-refractivity contribution in [2.24, 2.45) is 16.3 Å². The van der Waals surface area contributed by atoms with Crippen molar-refractivity contribution < 1.29 is 15.1 Å². The summed E-state index contributed by atoms with van der Waals surface area (Å²) in [7, 11) is 0. The Morgan fingerprint density at radius 3 is 2.50 bits per heavy atom. The summed E-state index contributed by atoms with van der Waals surface area (Å²) in [5, 5.41) is 20.9. The van der Waals surface area contributed by atoms with E-state index in [-0.39, 0.29) is 24.4 Å². The number of amides is 1. The van der Waals surface area contributed by atoms with Gasteiger partial charge in [0.25, 0.3) is 0 Å². The molecule has 6 heteroatoms. The molecular formula is C12H23N3O3. The molecule has 0 aromatic heterocycles. The van der Waals surface area contributed by atoms with Gasteiger partial charge in [0.05, 0.1) is 6.61 Å². The van der Waals surface area contributed by atoms with Gasteiger partial charge in [-0.25, -0.2) is 0 Å². The minimum absolute atomic E-state index is 0.0712. The van der Waals surface area contributed by atoms with E-state index in [4.69, 9.17) is 16.0 Å². The van der Waals surface area contributed by atoms with E-state index in [1.54, 1.807) is 11.8 Å². The summed E-state index contributed by atoms with van der Waals surface area (Å²) in [6.45, 7) is 3.73. The predicted molar refractivity (Wildman–Crippen MR) is 68.2 cm³/mol. The molecule has 1 amide bonds. The van der Waals surface area contributed by atoms with Crippen LogP contribution in [-0.2, 0) is 4.79 Å². The van der Waals surface area contributed by atoms with E-state index < -0.39 is 5.41 Å². The standard InChI is InChI=1S/C12H23N3O3/c1-3-12(2,10(13)14-18)11(17)15(7-8-16)9-5-4-6-9/h9,16,18H,3-8H2,1-2H3,(H2,13,14). The second kappa shape index (κ2) is 6.04. The third kappa shape index (κ3) is 2.58. The molecule has 0 saturated heterocycles. The van der Waals surface area contributed by atoms with Crippen LogP contribution in [0.3, 0.4) is 0 Å². The molecule has 6 nitrogen and oxygen atoms in total.